The second-order valence-electron chi connectivity index (χ2n) is 5.07. The number of hydrogen-bond acceptors (Lipinski definition) is 2. The highest BCUT2D eigenvalue weighted by molar-refractivity contribution is 5.87. The summed E-state index contributed by atoms with van der Waals surface area (Å²) in [5, 5.41) is 6.49. The smallest absolute Gasteiger partial charge is 0.240 e. The molecule has 2 atom stereocenters. The molecule has 0 bridgehead atoms. The van der Waals surface area contributed by atoms with E-state index < -0.39 is 0 Å². The van der Waals surface area contributed by atoms with E-state index in [-0.39, 0.29) is 29.9 Å². The van der Waals surface area contributed by atoms with Crippen LogP contribution >= 0.6 is 12.4 Å². The summed E-state index contributed by atoms with van der Waals surface area (Å²) < 4.78 is 0. The van der Waals surface area contributed by atoms with Crippen molar-refractivity contribution in [2.75, 3.05) is 6.54 Å². The molecule has 2 rings (SSSR count). The lowest BCUT2D eigenvalue weighted by atomic mass is 9.92. The Bertz CT molecular complexity index is 402. The Hall–Kier alpha value is -1.06. The van der Waals surface area contributed by atoms with Gasteiger partial charge in [0.1, 0.15) is 0 Å². The van der Waals surface area contributed by atoms with Crippen LogP contribution in [0.4, 0.5) is 0 Å². The topological polar surface area (TPSA) is 41.1 Å². The molecule has 4 heteroatoms. The van der Waals surface area contributed by atoms with Crippen molar-refractivity contribution in [3.05, 3.63) is 35.9 Å². The summed E-state index contributed by atoms with van der Waals surface area (Å²) in [4.78, 5) is 12.4. The monoisotopic (exact) mass is 282 g/mol. The van der Waals surface area contributed by atoms with Gasteiger partial charge in [0.25, 0.3) is 0 Å². The highest BCUT2D eigenvalue weighted by atomic mass is 35.5. The van der Waals surface area contributed by atoms with E-state index in [1.165, 1.54) is 0 Å². The molecule has 1 aliphatic heterocycles. The average Bonchev–Trinajstić information content (AvgIpc) is 2.89. The number of carbonyl (C=O) groups excluding carboxylic acids is 1. The summed E-state index contributed by atoms with van der Waals surface area (Å²) in [5.74, 6) is 0.138. The first kappa shape index (κ1) is 16.0. The van der Waals surface area contributed by atoms with E-state index in [1.54, 1.807) is 0 Å². The van der Waals surface area contributed by atoms with Crippen LogP contribution < -0.4 is 10.6 Å². The predicted molar refractivity (Wildman–Crippen MR) is 80.5 cm³/mol. The van der Waals surface area contributed by atoms with Gasteiger partial charge in [-0.05, 0) is 38.3 Å². The van der Waals surface area contributed by atoms with E-state index in [0.29, 0.717) is 0 Å². The van der Waals surface area contributed by atoms with Crippen molar-refractivity contribution in [1.29, 1.82) is 0 Å². The number of hydrogen-bond donors (Lipinski definition) is 2. The molecule has 19 heavy (non-hydrogen) atoms. The van der Waals surface area contributed by atoms with Crippen LogP contribution in [0.25, 0.3) is 0 Å². The van der Waals surface area contributed by atoms with Gasteiger partial charge in [0, 0.05) is 0 Å². The molecule has 1 saturated heterocycles. The third-order valence-electron chi connectivity index (χ3n) is 3.93. The summed E-state index contributed by atoms with van der Waals surface area (Å²) >= 11 is 0. The van der Waals surface area contributed by atoms with E-state index in [1.807, 2.05) is 37.3 Å². The quantitative estimate of drug-likeness (QED) is 0.892. The number of amides is 1. The molecule has 1 heterocycles. The second kappa shape index (κ2) is 6.92. The molecular weight excluding hydrogens is 260 g/mol. The molecule has 0 spiro atoms. The Morgan fingerprint density at radius 1 is 1.42 bits per heavy atom. The van der Waals surface area contributed by atoms with Crippen molar-refractivity contribution in [2.45, 2.75) is 44.7 Å². The number of nitrogens with one attached hydrogen (secondary N) is 2. The second-order valence-corrected chi connectivity index (χ2v) is 5.07. The zero-order chi connectivity index (χ0) is 13.0. The van der Waals surface area contributed by atoms with Gasteiger partial charge in [-0.25, -0.2) is 0 Å². The summed E-state index contributed by atoms with van der Waals surface area (Å²) in [6.07, 6.45) is 2.87. The highest BCUT2D eigenvalue weighted by Crippen LogP contribution is 2.24. The van der Waals surface area contributed by atoms with Gasteiger partial charge in [0.2, 0.25) is 5.91 Å². The lowest BCUT2D eigenvalue weighted by Gasteiger charge is -2.28. The number of rotatable bonds is 4. The molecule has 0 radical (unpaired) electrons. The largest absolute Gasteiger partial charge is 0.348 e. The minimum absolute atomic E-state index is 0. The van der Waals surface area contributed by atoms with Crippen LogP contribution in [0, 0.1) is 0 Å². The molecule has 1 aromatic rings. The van der Waals surface area contributed by atoms with Crippen LogP contribution in [-0.4, -0.2) is 18.0 Å². The first-order valence-electron chi connectivity index (χ1n) is 6.79. The van der Waals surface area contributed by atoms with Gasteiger partial charge >= 0.3 is 0 Å². The van der Waals surface area contributed by atoms with Crippen molar-refractivity contribution in [1.82, 2.24) is 10.6 Å². The van der Waals surface area contributed by atoms with Crippen LogP contribution in [0.3, 0.4) is 0 Å². The first-order chi connectivity index (χ1) is 8.68. The van der Waals surface area contributed by atoms with Gasteiger partial charge in [0.05, 0.1) is 11.6 Å². The third kappa shape index (κ3) is 3.48. The number of benzene rings is 1. The molecule has 1 fully saturated rings. The zero-order valence-electron chi connectivity index (χ0n) is 11.6. The Morgan fingerprint density at radius 3 is 2.63 bits per heavy atom. The van der Waals surface area contributed by atoms with Crippen LogP contribution in [0.5, 0.6) is 0 Å². The fourth-order valence-corrected chi connectivity index (χ4v) is 2.62. The Kier molecular flexibility index (Phi) is 5.83. The van der Waals surface area contributed by atoms with E-state index in [4.69, 9.17) is 0 Å². The van der Waals surface area contributed by atoms with Gasteiger partial charge in [-0.1, -0.05) is 37.3 Å². The summed E-state index contributed by atoms with van der Waals surface area (Å²) in [6.45, 7) is 5.05. The van der Waals surface area contributed by atoms with Crippen molar-refractivity contribution >= 4 is 18.3 Å². The highest BCUT2D eigenvalue weighted by Gasteiger charge is 2.39. The Morgan fingerprint density at radius 2 is 2.11 bits per heavy atom. The summed E-state index contributed by atoms with van der Waals surface area (Å²) in [5.41, 5.74) is 0.804. The molecule has 0 aromatic heterocycles. The fourth-order valence-electron chi connectivity index (χ4n) is 2.62. The number of halogens is 1. The van der Waals surface area contributed by atoms with Crippen molar-refractivity contribution in [3.8, 4) is 0 Å². The molecule has 1 amide bonds. The maximum absolute atomic E-state index is 12.4. The van der Waals surface area contributed by atoms with E-state index in [9.17, 15) is 4.79 Å². The molecule has 2 unspecified atom stereocenters. The molecule has 2 N–H and O–H groups in total. The fraction of sp³-hybridized carbons (Fsp3) is 0.533. The van der Waals surface area contributed by atoms with Gasteiger partial charge in [-0.15, -0.1) is 12.4 Å². The summed E-state index contributed by atoms with van der Waals surface area (Å²) in [6, 6.07) is 10.1. The van der Waals surface area contributed by atoms with Gasteiger partial charge in [-0.2, -0.15) is 0 Å². The van der Waals surface area contributed by atoms with Crippen LogP contribution in [0.1, 0.15) is 44.7 Å². The molecule has 3 nitrogen and oxygen atoms in total. The van der Waals surface area contributed by atoms with Crippen molar-refractivity contribution in [2.24, 2.45) is 0 Å². The zero-order valence-corrected chi connectivity index (χ0v) is 12.4. The average molecular weight is 283 g/mol. The normalized spacial score (nSPS) is 23.5. The number of carbonyl (C=O) groups is 1. The molecule has 1 aliphatic rings. The van der Waals surface area contributed by atoms with Gasteiger partial charge < -0.3 is 10.6 Å². The van der Waals surface area contributed by atoms with E-state index >= 15 is 0 Å². The maximum Gasteiger partial charge on any atom is 0.240 e. The van der Waals surface area contributed by atoms with Crippen molar-refractivity contribution < 1.29 is 4.79 Å². The van der Waals surface area contributed by atoms with E-state index in [2.05, 4.69) is 17.6 Å². The van der Waals surface area contributed by atoms with Gasteiger partial charge in [-0.3, -0.25) is 4.79 Å². The summed E-state index contributed by atoms with van der Waals surface area (Å²) in [7, 11) is 0. The Balaban J connectivity index is 0.00000180. The predicted octanol–water partition coefficient (Wildman–Crippen LogP) is 2.82. The van der Waals surface area contributed by atoms with Crippen molar-refractivity contribution in [3.63, 3.8) is 0 Å². The van der Waals surface area contributed by atoms with Crippen LogP contribution in [0.15, 0.2) is 30.3 Å². The molecule has 0 saturated carbocycles. The molecule has 1 aromatic carbocycles. The molecule has 106 valence electrons. The lowest BCUT2D eigenvalue weighted by molar-refractivity contribution is -0.128. The van der Waals surface area contributed by atoms with Crippen LogP contribution in [0.2, 0.25) is 0 Å². The maximum atomic E-state index is 12.4. The molecular formula is C15H23ClN2O. The molecule has 0 aliphatic carbocycles. The third-order valence-corrected chi connectivity index (χ3v) is 3.93. The minimum Gasteiger partial charge on any atom is -0.348 e. The lowest BCUT2D eigenvalue weighted by Crippen LogP contribution is -2.53. The standard InChI is InChI=1S/C15H22N2O.ClH/c1-3-15(10-7-11-16-15)14(18)17-12(2)13-8-5-4-6-9-13;/h4-6,8-9,12,16H,3,7,10-11H2,1-2H3,(H,17,18);1H. The van der Waals surface area contributed by atoms with E-state index in [0.717, 1.165) is 31.4 Å². The first-order valence-corrected chi connectivity index (χ1v) is 6.79. The SMILES string of the molecule is CCC1(C(=O)NC(C)c2ccccc2)CCCN1.Cl. The van der Waals surface area contributed by atoms with Crippen LogP contribution in [-0.2, 0) is 4.79 Å². The minimum atomic E-state index is -0.344. The Labute approximate surface area is 121 Å². The van der Waals surface area contributed by atoms with Gasteiger partial charge in [0.15, 0.2) is 0 Å².